The average Bonchev–Trinajstić information content (AvgIpc) is 2.64. The Balaban J connectivity index is 1.86. The number of benzene rings is 2. The van der Waals surface area contributed by atoms with Crippen molar-refractivity contribution >= 4 is 43.5 Å². The summed E-state index contributed by atoms with van der Waals surface area (Å²) in [7, 11) is -3.77. The van der Waals surface area contributed by atoms with Gasteiger partial charge in [-0.25, -0.2) is 13.2 Å². The fourth-order valence-corrected chi connectivity index (χ4v) is 5.27. The van der Waals surface area contributed by atoms with Crippen molar-refractivity contribution in [1.29, 1.82) is 0 Å². The number of sulfonamides is 1. The Kier molecular flexibility index (Phi) is 6.02. The van der Waals surface area contributed by atoms with E-state index in [2.05, 4.69) is 15.9 Å². The van der Waals surface area contributed by atoms with Crippen LogP contribution in [0, 0.1) is 0 Å². The van der Waals surface area contributed by atoms with E-state index >= 15 is 0 Å². The maximum atomic E-state index is 13.0. The van der Waals surface area contributed by atoms with Crippen LogP contribution in [-0.4, -0.2) is 31.3 Å². The van der Waals surface area contributed by atoms with Gasteiger partial charge in [0.1, 0.15) is 11.8 Å². The lowest BCUT2D eigenvalue weighted by atomic mass is 10.1. The number of rotatable bonds is 4. The number of carbonyl (C=O) groups excluding carboxylic acids is 1. The van der Waals surface area contributed by atoms with E-state index in [4.69, 9.17) is 16.3 Å². The van der Waals surface area contributed by atoms with Crippen molar-refractivity contribution in [2.24, 2.45) is 0 Å². The maximum Gasteiger partial charge on any atom is 0.329 e. The molecule has 0 amide bonds. The zero-order valence-electron chi connectivity index (χ0n) is 13.8. The second-order valence-corrected chi connectivity index (χ2v) is 9.15. The van der Waals surface area contributed by atoms with Crippen LogP contribution in [0.5, 0.6) is 5.75 Å². The van der Waals surface area contributed by atoms with Crippen LogP contribution in [0.2, 0.25) is 5.02 Å². The molecule has 3 rings (SSSR count). The van der Waals surface area contributed by atoms with Crippen molar-refractivity contribution in [2.75, 3.05) is 6.54 Å². The summed E-state index contributed by atoms with van der Waals surface area (Å²) in [5.74, 6) is -0.407. The first-order valence-electron chi connectivity index (χ1n) is 8.13. The number of ether oxygens (including phenoxy) is 1. The number of halogens is 2. The zero-order chi connectivity index (χ0) is 18.7. The normalized spacial score (nSPS) is 18.5. The molecule has 5 nitrogen and oxygen atoms in total. The van der Waals surface area contributed by atoms with Crippen molar-refractivity contribution in [3.05, 3.63) is 58.0 Å². The van der Waals surface area contributed by atoms with Gasteiger partial charge < -0.3 is 4.74 Å². The van der Waals surface area contributed by atoms with E-state index in [1.54, 1.807) is 36.4 Å². The zero-order valence-corrected chi connectivity index (χ0v) is 16.9. The molecule has 0 N–H and O–H groups in total. The van der Waals surface area contributed by atoms with Crippen LogP contribution < -0.4 is 4.74 Å². The highest BCUT2D eigenvalue weighted by molar-refractivity contribution is 9.10. The van der Waals surface area contributed by atoms with Crippen LogP contribution in [0.25, 0.3) is 0 Å². The monoisotopic (exact) mass is 457 g/mol. The summed E-state index contributed by atoms with van der Waals surface area (Å²) in [6.45, 7) is 0.283. The second-order valence-electron chi connectivity index (χ2n) is 5.94. The minimum Gasteiger partial charge on any atom is -0.424 e. The van der Waals surface area contributed by atoms with Gasteiger partial charge >= 0.3 is 5.97 Å². The van der Waals surface area contributed by atoms with Crippen molar-refractivity contribution < 1.29 is 17.9 Å². The summed E-state index contributed by atoms with van der Waals surface area (Å²) in [5, 5.41) is 0.279. The van der Waals surface area contributed by atoms with Gasteiger partial charge in [0.05, 0.1) is 9.92 Å². The van der Waals surface area contributed by atoms with E-state index < -0.39 is 22.0 Å². The van der Waals surface area contributed by atoms with E-state index in [0.29, 0.717) is 12.8 Å². The first-order valence-corrected chi connectivity index (χ1v) is 10.7. The molecule has 1 heterocycles. The lowest BCUT2D eigenvalue weighted by Crippen LogP contribution is -2.49. The van der Waals surface area contributed by atoms with Crippen LogP contribution >= 0.6 is 27.5 Å². The van der Waals surface area contributed by atoms with Crippen LogP contribution in [0.1, 0.15) is 19.3 Å². The van der Waals surface area contributed by atoms with Gasteiger partial charge in [0.2, 0.25) is 10.0 Å². The number of piperidine rings is 1. The molecule has 1 fully saturated rings. The van der Waals surface area contributed by atoms with Gasteiger partial charge in [-0.2, -0.15) is 4.31 Å². The average molecular weight is 459 g/mol. The van der Waals surface area contributed by atoms with E-state index in [9.17, 15) is 13.2 Å². The van der Waals surface area contributed by atoms with Gasteiger partial charge in [0.15, 0.2) is 0 Å². The maximum absolute atomic E-state index is 13.0. The molecular formula is C18H17BrClNO4S. The van der Waals surface area contributed by atoms with Crippen molar-refractivity contribution in [3.63, 3.8) is 0 Å². The Morgan fingerprint density at radius 2 is 1.88 bits per heavy atom. The molecule has 1 unspecified atom stereocenters. The molecule has 1 aliphatic rings. The molecule has 1 aliphatic heterocycles. The van der Waals surface area contributed by atoms with Gasteiger partial charge in [0.25, 0.3) is 0 Å². The summed E-state index contributed by atoms with van der Waals surface area (Å²) >= 11 is 9.38. The highest BCUT2D eigenvalue weighted by Crippen LogP contribution is 2.30. The third-order valence-electron chi connectivity index (χ3n) is 4.18. The number of hydrogen-bond acceptors (Lipinski definition) is 4. The summed E-state index contributed by atoms with van der Waals surface area (Å²) in [5.41, 5.74) is 0. The molecule has 2 aromatic rings. The first kappa shape index (κ1) is 19.4. The largest absolute Gasteiger partial charge is 0.424 e. The van der Waals surface area contributed by atoms with Gasteiger partial charge in [-0.05, 0) is 49.6 Å². The number of esters is 1. The van der Waals surface area contributed by atoms with Gasteiger partial charge in [-0.15, -0.1) is 0 Å². The molecule has 0 saturated carbocycles. The van der Waals surface area contributed by atoms with Gasteiger partial charge in [0, 0.05) is 11.0 Å². The molecule has 26 heavy (non-hydrogen) atoms. The summed E-state index contributed by atoms with van der Waals surface area (Å²) in [6.07, 6.45) is 1.88. The third kappa shape index (κ3) is 4.11. The Hall–Kier alpha value is -1.41. The molecule has 0 aromatic heterocycles. The Bertz CT molecular complexity index is 905. The molecule has 1 atom stereocenters. The highest BCUT2D eigenvalue weighted by atomic mass is 79.9. The predicted octanol–water partition coefficient (Wildman–Crippen LogP) is 4.25. The SMILES string of the molecule is O=C(Oc1ccc(Br)cc1Cl)C1CCCCN1S(=O)(=O)c1ccccc1. The Morgan fingerprint density at radius 3 is 2.58 bits per heavy atom. The summed E-state index contributed by atoms with van der Waals surface area (Å²) < 4.78 is 33.3. The summed E-state index contributed by atoms with van der Waals surface area (Å²) in [6, 6.07) is 12.1. The van der Waals surface area contributed by atoms with E-state index in [1.807, 2.05) is 0 Å². The fraction of sp³-hybridized carbons (Fsp3) is 0.278. The molecule has 0 spiro atoms. The van der Waals surface area contributed by atoms with Crippen molar-refractivity contribution in [3.8, 4) is 5.75 Å². The minimum absolute atomic E-state index is 0.168. The van der Waals surface area contributed by atoms with Crippen LogP contribution in [0.3, 0.4) is 0 Å². The van der Waals surface area contributed by atoms with E-state index in [1.165, 1.54) is 16.4 Å². The summed E-state index contributed by atoms with van der Waals surface area (Å²) in [4.78, 5) is 12.9. The third-order valence-corrected chi connectivity index (χ3v) is 6.89. The molecule has 138 valence electrons. The van der Waals surface area contributed by atoms with Crippen LogP contribution in [0.4, 0.5) is 0 Å². The predicted molar refractivity (Wildman–Crippen MR) is 103 cm³/mol. The molecule has 8 heteroatoms. The number of carbonyl (C=O) groups is 1. The topological polar surface area (TPSA) is 63.7 Å². The fourth-order valence-electron chi connectivity index (χ4n) is 2.89. The Labute approximate surface area is 166 Å². The highest BCUT2D eigenvalue weighted by Gasteiger charge is 2.38. The molecule has 0 bridgehead atoms. The van der Waals surface area contributed by atoms with Crippen molar-refractivity contribution in [1.82, 2.24) is 4.31 Å². The molecule has 2 aromatic carbocycles. The van der Waals surface area contributed by atoms with E-state index in [-0.39, 0.29) is 22.2 Å². The molecule has 1 saturated heterocycles. The van der Waals surface area contributed by atoms with E-state index in [0.717, 1.165) is 10.9 Å². The quantitative estimate of drug-likeness (QED) is 0.507. The van der Waals surface area contributed by atoms with Gasteiger partial charge in [-0.1, -0.05) is 45.7 Å². The lowest BCUT2D eigenvalue weighted by molar-refractivity contribution is -0.139. The molecule has 0 aliphatic carbocycles. The molecular weight excluding hydrogens is 442 g/mol. The first-order chi connectivity index (χ1) is 12.4. The van der Waals surface area contributed by atoms with Crippen LogP contribution in [-0.2, 0) is 14.8 Å². The minimum atomic E-state index is -3.77. The second kappa shape index (κ2) is 8.08. The number of nitrogens with zero attached hydrogens (tertiary/aromatic N) is 1. The standard InChI is InChI=1S/C18H17BrClNO4S/c19-13-9-10-17(15(20)12-13)25-18(22)16-8-4-5-11-21(16)26(23,24)14-6-2-1-3-7-14/h1-3,6-7,9-10,12,16H,4-5,8,11H2. The molecule has 0 radical (unpaired) electrons. The lowest BCUT2D eigenvalue weighted by Gasteiger charge is -2.33. The van der Waals surface area contributed by atoms with Crippen LogP contribution in [0.15, 0.2) is 57.9 Å². The Morgan fingerprint density at radius 1 is 1.15 bits per heavy atom. The van der Waals surface area contributed by atoms with Gasteiger partial charge in [-0.3, -0.25) is 0 Å². The smallest absolute Gasteiger partial charge is 0.329 e. The number of hydrogen-bond donors (Lipinski definition) is 0. The van der Waals surface area contributed by atoms with Crippen molar-refractivity contribution in [2.45, 2.75) is 30.2 Å².